The summed E-state index contributed by atoms with van der Waals surface area (Å²) in [5.41, 5.74) is -0.820. The van der Waals surface area contributed by atoms with Crippen LogP contribution in [0.25, 0.3) is 0 Å². The van der Waals surface area contributed by atoms with Gasteiger partial charge in [0.25, 0.3) is 5.91 Å². The number of ether oxygens (including phenoxy) is 2. The first kappa shape index (κ1) is 31.1. The van der Waals surface area contributed by atoms with E-state index >= 15 is 0 Å². The molecule has 0 aliphatic rings. The van der Waals surface area contributed by atoms with Crippen LogP contribution >= 0.6 is 0 Å². The summed E-state index contributed by atoms with van der Waals surface area (Å²) in [4.78, 5) is 51.7. The lowest BCUT2D eigenvalue weighted by atomic mass is 10.0. The Hall–Kier alpha value is -2.90. The number of hydrogen-bond donors (Lipinski definition) is 1. The molecule has 8 nitrogen and oxygen atoms in total. The standard InChI is InChI=1S/C28H44N2O6/c1-8-9-10-11-12-15-19-29-24(32)23(31)22-17-14-13-16-21(22)18-20-30(25(33)35-27(2,3)4)26(34)36-28(5,6)7/h13-14,16-17H,8-12,15,18-20H2,1-7H3,(H,29,32). The van der Waals surface area contributed by atoms with Crippen LogP contribution in [0.1, 0.15) is 103 Å². The summed E-state index contributed by atoms with van der Waals surface area (Å²) >= 11 is 0. The van der Waals surface area contributed by atoms with Gasteiger partial charge < -0.3 is 14.8 Å². The van der Waals surface area contributed by atoms with Gasteiger partial charge in [-0.2, -0.15) is 0 Å². The Kier molecular flexibility index (Phi) is 12.6. The Labute approximate surface area is 216 Å². The smallest absolute Gasteiger partial charge is 0.419 e. The Morgan fingerprint density at radius 1 is 0.806 bits per heavy atom. The van der Waals surface area contributed by atoms with E-state index in [-0.39, 0.29) is 18.5 Å². The lowest BCUT2D eigenvalue weighted by Crippen LogP contribution is -2.44. The van der Waals surface area contributed by atoms with E-state index in [9.17, 15) is 19.2 Å². The van der Waals surface area contributed by atoms with E-state index in [2.05, 4.69) is 12.2 Å². The number of Topliss-reactive ketones (excluding diaryl/α,β-unsaturated/α-hetero) is 1. The highest BCUT2D eigenvalue weighted by atomic mass is 16.6. The molecule has 0 spiro atoms. The third kappa shape index (κ3) is 12.2. The molecule has 0 aliphatic heterocycles. The molecule has 0 unspecified atom stereocenters. The van der Waals surface area contributed by atoms with Crippen molar-refractivity contribution in [2.24, 2.45) is 0 Å². The monoisotopic (exact) mass is 504 g/mol. The molecule has 0 bridgehead atoms. The van der Waals surface area contributed by atoms with Gasteiger partial charge in [-0.3, -0.25) is 9.59 Å². The number of carbonyl (C=O) groups excluding carboxylic acids is 4. The van der Waals surface area contributed by atoms with Crippen LogP contribution in [0.3, 0.4) is 0 Å². The van der Waals surface area contributed by atoms with Gasteiger partial charge >= 0.3 is 12.2 Å². The van der Waals surface area contributed by atoms with Gasteiger partial charge in [-0.05, 0) is 59.9 Å². The number of ketones is 1. The molecule has 0 aromatic heterocycles. The molecule has 3 amide bonds. The third-order valence-electron chi connectivity index (χ3n) is 5.12. The van der Waals surface area contributed by atoms with Crippen molar-refractivity contribution in [3.05, 3.63) is 35.4 Å². The molecule has 0 radical (unpaired) electrons. The third-order valence-corrected chi connectivity index (χ3v) is 5.12. The number of imide groups is 1. The molecular formula is C28H44N2O6. The van der Waals surface area contributed by atoms with Crippen molar-refractivity contribution in [2.75, 3.05) is 13.1 Å². The Morgan fingerprint density at radius 2 is 1.33 bits per heavy atom. The molecule has 0 heterocycles. The zero-order chi connectivity index (χ0) is 27.4. The molecule has 1 aromatic rings. The van der Waals surface area contributed by atoms with Crippen LogP contribution < -0.4 is 5.32 Å². The fourth-order valence-electron chi connectivity index (χ4n) is 3.39. The van der Waals surface area contributed by atoms with Gasteiger partial charge in [0, 0.05) is 18.7 Å². The first-order valence-corrected chi connectivity index (χ1v) is 12.9. The molecule has 1 aromatic carbocycles. The molecule has 0 fully saturated rings. The lowest BCUT2D eigenvalue weighted by Gasteiger charge is -2.28. The van der Waals surface area contributed by atoms with Crippen LogP contribution in [-0.4, -0.2) is 53.1 Å². The molecule has 1 rings (SSSR count). The van der Waals surface area contributed by atoms with E-state index in [1.165, 1.54) is 19.3 Å². The molecule has 0 saturated heterocycles. The highest BCUT2D eigenvalue weighted by Gasteiger charge is 2.31. The van der Waals surface area contributed by atoms with Crippen molar-refractivity contribution in [2.45, 2.75) is 105 Å². The van der Waals surface area contributed by atoms with E-state index in [0.717, 1.165) is 24.2 Å². The maximum Gasteiger partial charge on any atom is 0.419 e. The average molecular weight is 505 g/mol. The van der Waals surface area contributed by atoms with Crippen molar-refractivity contribution < 1.29 is 28.7 Å². The van der Waals surface area contributed by atoms with Crippen molar-refractivity contribution in [1.82, 2.24) is 10.2 Å². The van der Waals surface area contributed by atoms with E-state index in [4.69, 9.17) is 9.47 Å². The number of rotatable bonds is 12. The van der Waals surface area contributed by atoms with E-state index < -0.39 is 35.1 Å². The maximum absolute atomic E-state index is 12.8. The molecule has 0 atom stereocenters. The van der Waals surface area contributed by atoms with Gasteiger partial charge in [0.15, 0.2) is 0 Å². The van der Waals surface area contributed by atoms with Crippen LogP contribution in [0.5, 0.6) is 0 Å². The van der Waals surface area contributed by atoms with Crippen LogP contribution in [0.15, 0.2) is 24.3 Å². The molecule has 36 heavy (non-hydrogen) atoms. The first-order valence-electron chi connectivity index (χ1n) is 12.9. The minimum atomic E-state index is -0.836. The van der Waals surface area contributed by atoms with Crippen LogP contribution in [0, 0.1) is 0 Å². The van der Waals surface area contributed by atoms with Crippen molar-refractivity contribution in [3.63, 3.8) is 0 Å². The number of nitrogens with one attached hydrogen (secondary N) is 1. The summed E-state index contributed by atoms with van der Waals surface area (Å²) < 4.78 is 10.8. The number of unbranched alkanes of at least 4 members (excludes halogenated alkanes) is 5. The second-order valence-corrected chi connectivity index (χ2v) is 10.9. The number of amides is 3. The minimum Gasteiger partial charge on any atom is -0.443 e. The largest absolute Gasteiger partial charge is 0.443 e. The predicted octanol–water partition coefficient (Wildman–Crippen LogP) is 6.06. The summed E-state index contributed by atoms with van der Waals surface area (Å²) in [5, 5.41) is 2.70. The van der Waals surface area contributed by atoms with Gasteiger partial charge in [0.05, 0.1) is 0 Å². The number of nitrogens with zero attached hydrogens (tertiary/aromatic N) is 1. The number of carbonyl (C=O) groups is 4. The number of hydrogen-bond acceptors (Lipinski definition) is 6. The second-order valence-electron chi connectivity index (χ2n) is 10.9. The summed E-state index contributed by atoms with van der Waals surface area (Å²) in [6.07, 6.45) is 5.01. The molecule has 202 valence electrons. The van der Waals surface area contributed by atoms with Gasteiger partial charge in [0.1, 0.15) is 11.2 Å². The summed E-state index contributed by atoms with van der Waals surface area (Å²) in [6.45, 7) is 12.8. The van der Waals surface area contributed by atoms with Crippen LogP contribution in [0.4, 0.5) is 9.59 Å². The topological polar surface area (TPSA) is 102 Å². The average Bonchev–Trinajstić information content (AvgIpc) is 2.75. The molecular weight excluding hydrogens is 460 g/mol. The van der Waals surface area contributed by atoms with Gasteiger partial charge in [-0.15, -0.1) is 0 Å². The van der Waals surface area contributed by atoms with Gasteiger partial charge in [-0.25, -0.2) is 14.5 Å². The maximum atomic E-state index is 12.8. The Balaban J connectivity index is 2.87. The zero-order valence-electron chi connectivity index (χ0n) is 23.1. The van der Waals surface area contributed by atoms with Crippen molar-refractivity contribution in [1.29, 1.82) is 0 Å². The first-order chi connectivity index (χ1) is 16.7. The van der Waals surface area contributed by atoms with Gasteiger partial charge in [-0.1, -0.05) is 63.3 Å². The molecule has 8 heteroatoms. The van der Waals surface area contributed by atoms with E-state index in [1.807, 2.05) is 0 Å². The fourth-order valence-corrected chi connectivity index (χ4v) is 3.39. The predicted molar refractivity (Wildman–Crippen MR) is 140 cm³/mol. The Morgan fingerprint density at radius 3 is 1.89 bits per heavy atom. The molecule has 1 N–H and O–H groups in total. The normalized spacial score (nSPS) is 11.5. The highest BCUT2D eigenvalue weighted by molar-refractivity contribution is 6.43. The van der Waals surface area contributed by atoms with Crippen LogP contribution in [0.2, 0.25) is 0 Å². The zero-order valence-corrected chi connectivity index (χ0v) is 23.1. The SMILES string of the molecule is CCCCCCCCNC(=O)C(=O)c1ccccc1CCN(C(=O)OC(C)(C)C)C(=O)OC(C)(C)C. The lowest BCUT2D eigenvalue weighted by molar-refractivity contribution is -0.117. The van der Waals surface area contributed by atoms with Crippen molar-refractivity contribution in [3.8, 4) is 0 Å². The van der Waals surface area contributed by atoms with Crippen molar-refractivity contribution >= 4 is 23.9 Å². The fraction of sp³-hybridized carbons (Fsp3) is 0.643. The summed E-state index contributed by atoms with van der Waals surface area (Å²) in [5.74, 6) is -1.30. The highest BCUT2D eigenvalue weighted by Crippen LogP contribution is 2.17. The van der Waals surface area contributed by atoms with Crippen LogP contribution in [-0.2, 0) is 20.7 Å². The quantitative estimate of drug-likeness (QED) is 0.211. The molecule has 0 aliphatic carbocycles. The Bertz CT molecular complexity index is 855. The van der Waals surface area contributed by atoms with Gasteiger partial charge in [0.2, 0.25) is 5.78 Å². The number of benzene rings is 1. The summed E-state index contributed by atoms with van der Waals surface area (Å²) in [6, 6.07) is 6.70. The second kappa shape index (κ2) is 14.6. The molecule has 0 saturated carbocycles. The van der Waals surface area contributed by atoms with E-state index in [0.29, 0.717) is 12.1 Å². The summed E-state index contributed by atoms with van der Waals surface area (Å²) in [7, 11) is 0. The van der Waals surface area contributed by atoms with E-state index in [1.54, 1.807) is 65.8 Å². The minimum absolute atomic E-state index is 0.0759.